The molecule has 9 atom stereocenters. The fourth-order valence-corrected chi connectivity index (χ4v) is 13.6. The summed E-state index contributed by atoms with van der Waals surface area (Å²) in [4.78, 5) is 188. The number of benzene rings is 1. The van der Waals surface area contributed by atoms with Gasteiger partial charge in [-0.1, -0.05) is 71.2 Å². The minimum atomic E-state index is -1.94. The Balaban J connectivity index is 1.79. The summed E-state index contributed by atoms with van der Waals surface area (Å²) in [5, 5.41) is 45.1. The lowest BCUT2D eigenvalue weighted by Gasteiger charge is -2.40. The molecule has 0 saturated heterocycles. The summed E-state index contributed by atoms with van der Waals surface area (Å²) in [6.07, 6.45) is 3.71. The van der Waals surface area contributed by atoms with Crippen LogP contribution in [0, 0.1) is 0 Å². The predicted molar refractivity (Wildman–Crippen MR) is 367 cm³/mol. The van der Waals surface area contributed by atoms with E-state index in [0.717, 1.165) is 28.0 Å². The van der Waals surface area contributed by atoms with Crippen LogP contribution in [0.2, 0.25) is 0 Å². The van der Waals surface area contributed by atoms with Gasteiger partial charge in [-0.15, -0.1) is 0 Å². The SMILES string of the molecule is NC(N)=NCCC[C@H](NC(=O)[C@@H]1CSSC2(CCCCC2)[C@@H](N)C(=O)NC(N)=NCCC[C@H](N)C(=O)NCC(=O)N[C@H](Cc2cnc[nH]2)C(=O)N[C@@H](CCCN=C(N)N)C(=O)NCC(=O)N[C@@H](CC(=O)O)C(=O)N[C@@H](Cc2ccccc2)C(=O)N[C@@H](CCCN=C(N)N)C(=O)N1)C(=O)O. The number of rotatable bonds is 21. The fourth-order valence-electron chi connectivity index (χ4n) is 10.1. The second-order valence-corrected chi connectivity index (χ2v) is 26.0. The summed E-state index contributed by atoms with van der Waals surface area (Å²) in [7, 11) is 2.19. The van der Waals surface area contributed by atoms with Crippen LogP contribution in [0.25, 0.3) is 0 Å². The van der Waals surface area contributed by atoms with Crippen LogP contribution in [-0.2, 0) is 70.4 Å². The largest absolute Gasteiger partial charge is 0.481 e. The van der Waals surface area contributed by atoms with Gasteiger partial charge in [-0.05, 0) is 69.8 Å². The molecule has 1 aromatic heterocycles. The van der Waals surface area contributed by atoms with E-state index >= 15 is 0 Å². The number of aliphatic carboxylic acids is 2. The molecule has 0 radical (unpaired) electrons. The number of hydrogen-bond acceptors (Lipinski definition) is 22. The molecular formula is C58H93N25O14S2. The van der Waals surface area contributed by atoms with Gasteiger partial charge in [0.1, 0.15) is 48.3 Å². The number of imidazole rings is 1. The van der Waals surface area contributed by atoms with Gasteiger partial charge in [0.15, 0.2) is 23.8 Å². The highest BCUT2D eigenvalue weighted by Gasteiger charge is 2.44. The highest BCUT2D eigenvalue weighted by atomic mass is 33.1. The summed E-state index contributed by atoms with van der Waals surface area (Å²) in [6.45, 7) is -1.73. The number of guanidine groups is 4. The van der Waals surface area contributed by atoms with E-state index in [0.29, 0.717) is 36.9 Å². The zero-order valence-corrected chi connectivity index (χ0v) is 56.2. The van der Waals surface area contributed by atoms with Gasteiger partial charge in [-0.25, -0.2) is 9.78 Å². The van der Waals surface area contributed by atoms with Crippen LogP contribution >= 0.6 is 21.6 Å². The van der Waals surface area contributed by atoms with Crippen molar-refractivity contribution in [3.05, 3.63) is 54.1 Å². The molecule has 1 aliphatic carbocycles. The second-order valence-electron chi connectivity index (χ2n) is 23.2. The van der Waals surface area contributed by atoms with E-state index in [1.807, 2.05) is 0 Å². The molecule has 1 aromatic carbocycles. The van der Waals surface area contributed by atoms with Gasteiger partial charge in [0.25, 0.3) is 0 Å². The summed E-state index contributed by atoms with van der Waals surface area (Å²) >= 11 is 0. The number of aromatic nitrogens is 2. The van der Waals surface area contributed by atoms with Crippen molar-refractivity contribution in [2.24, 2.45) is 71.6 Å². The summed E-state index contributed by atoms with van der Waals surface area (Å²) in [6, 6.07) is -5.53. The molecule has 10 amide bonds. The molecule has 4 rings (SSSR count). The normalized spacial score (nSPS) is 23.1. The Morgan fingerprint density at radius 2 is 1.17 bits per heavy atom. The van der Waals surface area contributed by atoms with Gasteiger partial charge in [0.05, 0.1) is 36.6 Å². The molecule has 31 N–H and O–H groups in total. The molecule has 1 aliphatic heterocycles. The van der Waals surface area contributed by atoms with Gasteiger partial charge in [-0.2, -0.15) is 0 Å². The van der Waals surface area contributed by atoms with E-state index in [9.17, 15) is 67.7 Å². The standard InChI is InChI=1S/C58H93N25O14S2/c59-33-13-7-22-72-57(67)83-52(95)44(60)58(17-5-2-6-18-58)99-98-29-40(51(94)80-36(53(96)97)16-10-21-71-56(65)66)82-47(90)35(15-9-20-70-55(63)64)79-48(91)37(23-31-11-3-1-4-12-31)81-50(93)39(25-43(86)87)77-42(85)28-74-46(89)34(14-8-19-69-54(61)62)78-49(92)38(24-32-26-68-30-75-32)76-41(84)27-73-45(33)88/h1,3-4,11-12,26,30,33-40,44H,2,5-10,13-25,27-29,59-60H2,(H,68,75)(H,73,88)(H,74,89)(H,76,84)(H,77,85)(H,78,92)(H,79,91)(H,80,94)(H,81,93)(H,82,90)(H,86,87)(H,96,97)(H4,61,62,69)(H4,63,64,70)(H4,65,66,71)(H3,67,72,83,95)/t33-,34-,35-,36-,37-,38+,39-,40-,44-/m0/s1. The zero-order chi connectivity index (χ0) is 73.0. The minimum absolute atomic E-state index is 0.00557. The number of aromatic amines is 1. The molecule has 2 heterocycles. The van der Waals surface area contributed by atoms with E-state index in [-0.39, 0.29) is 120 Å². The van der Waals surface area contributed by atoms with Gasteiger partial charge in [0, 0.05) is 56.7 Å². The molecule has 1 saturated carbocycles. The minimum Gasteiger partial charge on any atom is -0.481 e. The number of aliphatic imine (C=N–C) groups is 4. The lowest BCUT2D eigenvalue weighted by molar-refractivity contribution is -0.142. The Morgan fingerprint density at radius 1 is 0.636 bits per heavy atom. The zero-order valence-electron chi connectivity index (χ0n) is 54.5. The molecule has 2 aromatic rings. The molecule has 546 valence electrons. The van der Waals surface area contributed by atoms with Crippen LogP contribution in [0.1, 0.15) is 101 Å². The summed E-state index contributed by atoms with van der Waals surface area (Å²) in [5.41, 5.74) is 53.0. The topological polar surface area (TPSA) is 678 Å². The van der Waals surface area contributed by atoms with Gasteiger partial charge in [-0.3, -0.25) is 78.0 Å². The number of carboxylic acids is 2. The van der Waals surface area contributed by atoms with Crippen molar-refractivity contribution in [3.63, 3.8) is 0 Å². The Bertz CT molecular complexity index is 3180. The first kappa shape index (κ1) is 81.4. The maximum atomic E-state index is 14.8. The molecule has 2 aliphatic rings. The van der Waals surface area contributed by atoms with E-state index < -0.39 is 150 Å². The Kier molecular flexibility index (Phi) is 35.0. The Morgan fingerprint density at radius 3 is 1.74 bits per heavy atom. The van der Waals surface area contributed by atoms with Crippen LogP contribution < -0.4 is 105 Å². The van der Waals surface area contributed by atoms with Crippen LogP contribution in [0.15, 0.2) is 62.8 Å². The number of nitrogens with two attached hydrogens (primary N) is 9. The lowest BCUT2D eigenvalue weighted by atomic mass is 9.83. The van der Waals surface area contributed by atoms with Crippen molar-refractivity contribution in [2.45, 2.75) is 162 Å². The van der Waals surface area contributed by atoms with E-state index in [2.05, 4.69) is 83.1 Å². The van der Waals surface area contributed by atoms with Crippen molar-refractivity contribution >= 4 is 116 Å². The molecular weight excluding hydrogens is 1330 g/mol. The number of nitrogens with one attached hydrogen (secondary N) is 11. The van der Waals surface area contributed by atoms with Crippen LogP contribution in [-0.4, -0.2) is 219 Å². The summed E-state index contributed by atoms with van der Waals surface area (Å²) in [5.74, 6) is -14.1. The van der Waals surface area contributed by atoms with Crippen molar-refractivity contribution < 1.29 is 67.7 Å². The molecule has 39 nitrogen and oxygen atoms in total. The maximum absolute atomic E-state index is 14.8. The Labute approximate surface area is 577 Å². The quantitative estimate of drug-likeness (QED) is 0.0239. The molecule has 1 fully saturated rings. The summed E-state index contributed by atoms with van der Waals surface area (Å²) < 4.78 is -1.02. The monoisotopic (exact) mass is 1430 g/mol. The number of amides is 10. The first-order chi connectivity index (χ1) is 47.1. The number of carbonyl (C=O) groups excluding carboxylic acids is 10. The third-order valence-electron chi connectivity index (χ3n) is 15.3. The van der Waals surface area contributed by atoms with Crippen molar-refractivity contribution in [3.8, 4) is 0 Å². The third kappa shape index (κ3) is 30.5. The van der Waals surface area contributed by atoms with Gasteiger partial charge >= 0.3 is 11.9 Å². The second kappa shape index (κ2) is 42.6. The number of carbonyl (C=O) groups is 12. The van der Waals surface area contributed by atoms with E-state index in [1.54, 1.807) is 30.3 Å². The lowest BCUT2D eigenvalue weighted by Crippen LogP contribution is -2.60. The molecule has 0 bridgehead atoms. The number of hydrogen-bond donors (Lipinski definition) is 22. The molecule has 1 spiro atoms. The highest BCUT2D eigenvalue weighted by Crippen LogP contribution is 2.48. The molecule has 0 unspecified atom stereocenters. The molecule has 41 heteroatoms. The van der Waals surface area contributed by atoms with Crippen molar-refractivity contribution in [1.82, 2.24) is 63.1 Å². The maximum Gasteiger partial charge on any atom is 0.326 e. The Hall–Kier alpha value is -10.0. The third-order valence-corrected chi connectivity index (χ3v) is 18.7. The first-order valence-electron chi connectivity index (χ1n) is 31.8. The first-order valence-corrected chi connectivity index (χ1v) is 34.1. The predicted octanol–water partition coefficient (Wildman–Crippen LogP) is -7.50. The highest BCUT2D eigenvalue weighted by molar-refractivity contribution is 8.77. The van der Waals surface area contributed by atoms with E-state index in [4.69, 9.17) is 51.6 Å². The number of H-pyrrole nitrogens is 1. The smallest absolute Gasteiger partial charge is 0.326 e. The van der Waals surface area contributed by atoms with Gasteiger partial charge in [0.2, 0.25) is 59.1 Å². The fraction of sp³-hybridized carbons (Fsp3) is 0.569. The van der Waals surface area contributed by atoms with Crippen molar-refractivity contribution in [2.75, 3.05) is 45.0 Å². The van der Waals surface area contributed by atoms with Crippen LogP contribution in [0.4, 0.5) is 0 Å². The van der Waals surface area contributed by atoms with Crippen molar-refractivity contribution in [1.29, 1.82) is 0 Å². The number of carboxylic acid groups (broad SMARTS) is 2. The van der Waals surface area contributed by atoms with E-state index in [1.165, 1.54) is 12.5 Å². The molecule has 99 heavy (non-hydrogen) atoms. The number of nitrogens with zero attached hydrogens (tertiary/aromatic N) is 5. The average molecular weight is 1430 g/mol. The van der Waals surface area contributed by atoms with Crippen LogP contribution in [0.5, 0.6) is 0 Å². The van der Waals surface area contributed by atoms with Gasteiger partial charge < -0.3 is 115 Å². The van der Waals surface area contributed by atoms with Crippen LogP contribution in [0.3, 0.4) is 0 Å². The average Bonchev–Trinajstić information content (AvgIpc) is 1.70.